The van der Waals surface area contributed by atoms with Gasteiger partial charge in [0.05, 0.1) is 0 Å². The van der Waals surface area contributed by atoms with E-state index in [2.05, 4.69) is 16.0 Å². The number of amides is 1. The van der Waals surface area contributed by atoms with Crippen molar-refractivity contribution >= 4 is 17.2 Å². The van der Waals surface area contributed by atoms with Crippen LogP contribution in [0.25, 0.3) is 10.7 Å². The van der Waals surface area contributed by atoms with E-state index in [0.29, 0.717) is 16.4 Å². The molecule has 0 aromatic carbocycles. The van der Waals surface area contributed by atoms with Crippen LogP contribution in [0.15, 0.2) is 12.3 Å². The van der Waals surface area contributed by atoms with Gasteiger partial charge in [-0.1, -0.05) is 0 Å². The monoisotopic (exact) mass is 300 g/mol. The highest BCUT2D eigenvalue weighted by molar-refractivity contribution is 7.15. The number of thiazole rings is 1. The lowest BCUT2D eigenvalue weighted by atomic mass is 10.1. The Morgan fingerprint density at radius 3 is 2.81 bits per heavy atom. The zero-order chi connectivity index (χ0) is 15.6. The second kappa shape index (κ2) is 6.02. The van der Waals surface area contributed by atoms with Gasteiger partial charge in [0.2, 0.25) is 0 Å². The highest BCUT2D eigenvalue weighted by Crippen LogP contribution is 2.30. The largest absolute Gasteiger partial charge is 0.341 e. The maximum atomic E-state index is 12.3. The topological polar surface area (TPSA) is 69.9 Å². The van der Waals surface area contributed by atoms with Gasteiger partial charge in [0.15, 0.2) is 5.69 Å². The first-order valence-corrected chi connectivity index (χ1v) is 7.40. The molecule has 2 aromatic heterocycles. The van der Waals surface area contributed by atoms with Crippen LogP contribution in [0.2, 0.25) is 0 Å². The van der Waals surface area contributed by atoms with Crippen molar-refractivity contribution in [3.05, 3.63) is 34.0 Å². The van der Waals surface area contributed by atoms with Crippen molar-refractivity contribution in [2.24, 2.45) is 0 Å². The average molecular weight is 300 g/mol. The molecule has 0 saturated heterocycles. The van der Waals surface area contributed by atoms with Crippen molar-refractivity contribution in [2.75, 3.05) is 13.6 Å². The van der Waals surface area contributed by atoms with Crippen LogP contribution in [0.5, 0.6) is 0 Å². The molecule has 0 saturated carbocycles. The molecule has 0 fully saturated rings. The Morgan fingerprint density at radius 2 is 2.19 bits per heavy atom. The number of carbonyl (C=O) groups excluding carboxylic acids is 1. The minimum atomic E-state index is -0.234. The van der Waals surface area contributed by atoms with E-state index in [9.17, 15) is 10.1 Å². The van der Waals surface area contributed by atoms with Crippen LogP contribution in [0.1, 0.15) is 33.4 Å². The number of pyridine rings is 1. The predicted molar refractivity (Wildman–Crippen MR) is 82.2 cm³/mol. The van der Waals surface area contributed by atoms with Gasteiger partial charge < -0.3 is 4.90 Å². The van der Waals surface area contributed by atoms with Crippen LogP contribution in [0.4, 0.5) is 0 Å². The van der Waals surface area contributed by atoms with Crippen molar-refractivity contribution in [1.82, 2.24) is 14.9 Å². The second-order valence-corrected chi connectivity index (χ2v) is 5.73. The average Bonchev–Trinajstić information content (AvgIpc) is 2.92. The van der Waals surface area contributed by atoms with Gasteiger partial charge in [-0.15, -0.1) is 11.3 Å². The van der Waals surface area contributed by atoms with E-state index in [1.807, 2.05) is 26.8 Å². The van der Waals surface area contributed by atoms with Crippen molar-refractivity contribution < 1.29 is 4.79 Å². The number of hydrogen-bond donors (Lipinski definition) is 0. The third-order valence-corrected chi connectivity index (χ3v) is 4.40. The first-order chi connectivity index (χ1) is 9.99. The van der Waals surface area contributed by atoms with Crippen LogP contribution in [-0.2, 0) is 0 Å². The third kappa shape index (κ3) is 2.78. The predicted octanol–water partition coefficient (Wildman–Crippen LogP) is 2.79. The Bertz CT molecular complexity index is 730. The molecule has 0 atom stereocenters. The fraction of sp³-hybridized carbons (Fsp3) is 0.333. The molecular weight excluding hydrogens is 284 g/mol. The van der Waals surface area contributed by atoms with Crippen molar-refractivity contribution in [3.8, 4) is 16.8 Å². The number of aryl methyl sites for hydroxylation is 1. The van der Waals surface area contributed by atoms with E-state index in [1.165, 1.54) is 16.2 Å². The molecule has 2 rings (SSSR count). The maximum absolute atomic E-state index is 12.3. The lowest BCUT2D eigenvalue weighted by Crippen LogP contribution is -2.27. The first kappa shape index (κ1) is 15.1. The molecule has 0 aliphatic heterocycles. The first-order valence-electron chi connectivity index (χ1n) is 6.58. The van der Waals surface area contributed by atoms with Crippen molar-refractivity contribution in [3.63, 3.8) is 0 Å². The van der Waals surface area contributed by atoms with Gasteiger partial charge >= 0.3 is 0 Å². The molecule has 0 aliphatic rings. The minimum absolute atomic E-state index is 0.213. The smallest absolute Gasteiger partial charge is 0.274 e. The third-order valence-electron chi connectivity index (χ3n) is 3.43. The quantitative estimate of drug-likeness (QED) is 0.874. The molecule has 108 valence electrons. The fourth-order valence-electron chi connectivity index (χ4n) is 1.81. The summed E-state index contributed by atoms with van der Waals surface area (Å²) in [7, 11) is 1.69. The summed E-state index contributed by atoms with van der Waals surface area (Å²) in [6, 6.07) is 3.99. The molecule has 5 nitrogen and oxygen atoms in total. The lowest BCUT2D eigenvalue weighted by Gasteiger charge is -2.12. The molecule has 0 aliphatic carbocycles. The van der Waals surface area contributed by atoms with Gasteiger partial charge in [0.1, 0.15) is 21.6 Å². The summed E-state index contributed by atoms with van der Waals surface area (Å²) in [5.74, 6) is -0.234. The van der Waals surface area contributed by atoms with Gasteiger partial charge in [-0.3, -0.25) is 9.78 Å². The summed E-state index contributed by atoms with van der Waals surface area (Å²) in [5, 5.41) is 9.85. The van der Waals surface area contributed by atoms with E-state index in [-0.39, 0.29) is 11.6 Å². The Morgan fingerprint density at radius 1 is 1.48 bits per heavy atom. The molecule has 0 spiro atoms. The highest BCUT2D eigenvalue weighted by Gasteiger charge is 2.22. The van der Waals surface area contributed by atoms with Gasteiger partial charge in [-0.25, -0.2) is 4.98 Å². The summed E-state index contributed by atoms with van der Waals surface area (Å²) in [5.41, 5.74) is 3.06. The van der Waals surface area contributed by atoms with Gasteiger partial charge in [0, 0.05) is 19.8 Å². The molecular formula is C15H16N4OS. The maximum Gasteiger partial charge on any atom is 0.274 e. The van der Waals surface area contributed by atoms with E-state index < -0.39 is 0 Å². The van der Waals surface area contributed by atoms with Crippen LogP contribution >= 0.6 is 11.3 Å². The zero-order valence-electron chi connectivity index (χ0n) is 12.5. The van der Waals surface area contributed by atoms with Crippen LogP contribution in [-0.4, -0.2) is 34.4 Å². The number of hydrogen-bond acceptors (Lipinski definition) is 5. The summed E-state index contributed by atoms with van der Waals surface area (Å²) < 4.78 is 0. The van der Waals surface area contributed by atoms with E-state index in [0.717, 1.165) is 16.8 Å². The van der Waals surface area contributed by atoms with Crippen LogP contribution in [0, 0.1) is 25.2 Å². The van der Waals surface area contributed by atoms with E-state index >= 15 is 0 Å². The molecule has 21 heavy (non-hydrogen) atoms. The molecule has 0 bridgehead atoms. The zero-order valence-corrected chi connectivity index (χ0v) is 13.3. The summed E-state index contributed by atoms with van der Waals surface area (Å²) in [4.78, 5) is 22.8. The number of carbonyl (C=O) groups is 1. The molecule has 2 heterocycles. The molecule has 0 radical (unpaired) electrons. The Labute approximate surface area is 127 Å². The molecule has 0 N–H and O–H groups in total. The summed E-state index contributed by atoms with van der Waals surface area (Å²) >= 11 is 1.21. The molecule has 2 aromatic rings. The Balaban J connectivity index is 2.54. The summed E-state index contributed by atoms with van der Waals surface area (Å²) in [6.07, 6.45) is 1.71. The molecule has 6 heteroatoms. The summed E-state index contributed by atoms with van der Waals surface area (Å²) in [6.45, 7) is 6.41. The lowest BCUT2D eigenvalue weighted by molar-refractivity contribution is 0.0797. The Hall–Kier alpha value is -2.26. The molecule has 1 amide bonds. The van der Waals surface area contributed by atoms with Gasteiger partial charge in [-0.05, 0) is 38.0 Å². The SMILES string of the molecule is CCN(C)C(=O)c1nc(-c2nccc(C)c2C)sc1C#N. The Kier molecular flexibility index (Phi) is 4.34. The minimum Gasteiger partial charge on any atom is -0.341 e. The van der Waals surface area contributed by atoms with Crippen molar-refractivity contribution in [1.29, 1.82) is 5.26 Å². The number of nitriles is 1. The fourth-order valence-corrected chi connectivity index (χ4v) is 2.72. The van der Waals surface area contributed by atoms with Crippen LogP contribution in [0.3, 0.4) is 0 Å². The highest BCUT2D eigenvalue weighted by atomic mass is 32.1. The van der Waals surface area contributed by atoms with Gasteiger partial charge in [-0.2, -0.15) is 5.26 Å². The number of aromatic nitrogens is 2. The number of nitrogens with zero attached hydrogens (tertiary/aromatic N) is 4. The second-order valence-electron chi connectivity index (χ2n) is 4.73. The van der Waals surface area contributed by atoms with Crippen molar-refractivity contribution in [2.45, 2.75) is 20.8 Å². The van der Waals surface area contributed by atoms with E-state index in [4.69, 9.17) is 0 Å². The normalized spacial score (nSPS) is 10.2. The standard InChI is InChI=1S/C15H16N4OS/c1-5-19(4)15(20)13-11(8-16)21-14(18-13)12-10(3)9(2)6-7-17-12/h6-7H,5H2,1-4H3. The van der Waals surface area contributed by atoms with E-state index in [1.54, 1.807) is 13.2 Å². The number of rotatable bonds is 3. The molecule has 0 unspecified atom stereocenters. The van der Waals surface area contributed by atoms with Gasteiger partial charge in [0.25, 0.3) is 5.91 Å². The van der Waals surface area contributed by atoms with Crippen LogP contribution < -0.4 is 0 Å².